The number of amides is 1. The van der Waals surface area contributed by atoms with Crippen LogP contribution in [0.3, 0.4) is 0 Å². The highest BCUT2D eigenvalue weighted by Gasteiger charge is 2.20. The van der Waals surface area contributed by atoms with Gasteiger partial charge in [0, 0.05) is 19.2 Å². The van der Waals surface area contributed by atoms with Crippen molar-refractivity contribution in [2.45, 2.75) is 33.2 Å². The molecular weight excluding hydrogens is 236 g/mol. The second kappa shape index (κ2) is 6.69. The molecule has 0 radical (unpaired) electrons. The summed E-state index contributed by atoms with van der Waals surface area (Å²) in [4.78, 5) is 13.7. The Morgan fingerprint density at radius 3 is 2.88 bits per heavy atom. The van der Waals surface area contributed by atoms with Crippen LogP contribution >= 0.6 is 11.8 Å². The van der Waals surface area contributed by atoms with Crippen LogP contribution in [0.15, 0.2) is 10.6 Å². The summed E-state index contributed by atoms with van der Waals surface area (Å²) in [7, 11) is 1.81. The van der Waals surface area contributed by atoms with E-state index in [9.17, 15) is 4.79 Å². The molecule has 1 heterocycles. The Hall–Kier alpha value is -0.970. The topological polar surface area (TPSA) is 46.3 Å². The minimum absolute atomic E-state index is 0.0976. The molecule has 0 aliphatic rings. The summed E-state index contributed by atoms with van der Waals surface area (Å²) in [5.74, 6) is 2.41. The van der Waals surface area contributed by atoms with Crippen LogP contribution in [-0.2, 0) is 0 Å². The van der Waals surface area contributed by atoms with Gasteiger partial charge in [-0.2, -0.15) is 11.8 Å². The number of carbonyl (C=O) groups excluding carboxylic acids is 1. The first-order valence-electron chi connectivity index (χ1n) is 5.84. The standard InChI is InChI=1S/C12H20N2O2S/c1-5-17-7-6-10(3)14(4)12(15)11-8-9(2)13-16-11/h8,10H,5-7H2,1-4H3/t10-/m0/s1. The lowest BCUT2D eigenvalue weighted by molar-refractivity contribution is 0.0699. The van der Waals surface area contributed by atoms with Gasteiger partial charge in [0.2, 0.25) is 5.76 Å². The molecule has 0 N–H and O–H groups in total. The first-order chi connectivity index (χ1) is 8.06. The normalized spacial score (nSPS) is 12.5. The van der Waals surface area contributed by atoms with Crippen LogP contribution in [0.5, 0.6) is 0 Å². The number of aromatic nitrogens is 1. The van der Waals surface area contributed by atoms with Crippen molar-refractivity contribution in [3.05, 3.63) is 17.5 Å². The molecule has 0 unspecified atom stereocenters. The third kappa shape index (κ3) is 4.07. The molecule has 0 saturated carbocycles. The number of hydrogen-bond donors (Lipinski definition) is 0. The van der Waals surface area contributed by atoms with Gasteiger partial charge in [-0.15, -0.1) is 0 Å². The van der Waals surface area contributed by atoms with Crippen LogP contribution in [0.4, 0.5) is 0 Å². The third-order valence-electron chi connectivity index (χ3n) is 2.70. The third-order valence-corrected chi connectivity index (χ3v) is 3.64. The minimum Gasteiger partial charge on any atom is -0.351 e. The Morgan fingerprint density at radius 2 is 2.35 bits per heavy atom. The van der Waals surface area contributed by atoms with Crippen LogP contribution in [0.2, 0.25) is 0 Å². The maximum Gasteiger partial charge on any atom is 0.292 e. The first kappa shape index (κ1) is 14.1. The molecule has 96 valence electrons. The molecular formula is C12H20N2O2S. The number of thioether (sulfide) groups is 1. The van der Waals surface area contributed by atoms with Gasteiger partial charge in [-0.1, -0.05) is 12.1 Å². The van der Waals surface area contributed by atoms with Crippen LogP contribution in [-0.4, -0.2) is 40.6 Å². The number of rotatable bonds is 6. The molecule has 4 nitrogen and oxygen atoms in total. The Labute approximate surface area is 107 Å². The number of nitrogens with zero attached hydrogens (tertiary/aromatic N) is 2. The number of carbonyl (C=O) groups is 1. The van der Waals surface area contributed by atoms with E-state index in [1.54, 1.807) is 11.0 Å². The molecule has 0 aromatic carbocycles. The smallest absolute Gasteiger partial charge is 0.292 e. The Balaban J connectivity index is 2.51. The van der Waals surface area contributed by atoms with Crippen molar-refractivity contribution in [3.8, 4) is 0 Å². The highest BCUT2D eigenvalue weighted by atomic mass is 32.2. The van der Waals surface area contributed by atoms with Gasteiger partial charge >= 0.3 is 0 Å². The minimum atomic E-state index is -0.0976. The number of hydrogen-bond acceptors (Lipinski definition) is 4. The molecule has 17 heavy (non-hydrogen) atoms. The van der Waals surface area contributed by atoms with Crippen molar-refractivity contribution in [1.82, 2.24) is 10.1 Å². The fraction of sp³-hybridized carbons (Fsp3) is 0.667. The molecule has 5 heteroatoms. The monoisotopic (exact) mass is 256 g/mol. The van der Waals surface area contributed by atoms with Gasteiger partial charge in [0.05, 0.1) is 5.69 Å². The van der Waals surface area contributed by atoms with Gasteiger partial charge in [0.15, 0.2) is 0 Å². The molecule has 0 fully saturated rings. The van der Waals surface area contributed by atoms with Gasteiger partial charge in [0.1, 0.15) is 0 Å². The van der Waals surface area contributed by atoms with Crippen molar-refractivity contribution >= 4 is 17.7 Å². The predicted octanol–water partition coefficient (Wildman–Crippen LogP) is 2.59. The van der Waals surface area contributed by atoms with E-state index in [1.165, 1.54) is 0 Å². The van der Waals surface area contributed by atoms with Gasteiger partial charge in [-0.3, -0.25) is 4.79 Å². The molecule has 0 aliphatic carbocycles. The van der Waals surface area contributed by atoms with E-state index in [1.807, 2.05) is 25.7 Å². The zero-order chi connectivity index (χ0) is 12.8. The summed E-state index contributed by atoms with van der Waals surface area (Å²) in [5, 5.41) is 3.73. The van der Waals surface area contributed by atoms with Crippen molar-refractivity contribution in [2.24, 2.45) is 0 Å². The lowest BCUT2D eigenvalue weighted by Crippen LogP contribution is -2.35. The Morgan fingerprint density at radius 1 is 1.65 bits per heavy atom. The molecule has 1 amide bonds. The lowest BCUT2D eigenvalue weighted by Gasteiger charge is -2.23. The highest BCUT2D eigenvalue weighted by Crippen LogP contribution is 2.12. The summed E-state index contributed by atoms with van der Waals surface area (Å²) in [6.07, 6.45) is 0.994. The van der Waals surface area contributed by atoms with E-state index in [2.05, 4.69) is 19.0 Å². The maximum atomic E-state index is 12.0. The molecule has 0 saturated heterocycles. The molecule has 1 atom stereocenters. The molecule has 0 spiro atoms. The average molecular weight is 256 g/mol. The molecule has 1 aromatic rings. The lowest BCUT2D eigenvalue weighted by atomic mass is 10.2. The van der Waals surface area contributed by atoms with Crippen molar-refractivity contribution in [2.75, 3.05) is 18.6 Å². The summed E-state index contributed by atoms with van der Waals surface area (Å²) < 4.78 is 4.98. The largest absolute Gasteiger partial charge is 0.351 e. The van der Waals surface area contributed by atoms with Gasteiger partial charge in [0.25, 0.3) is 5.91 Å². The van der Waals surface area contributed by atoms with Gasteiger partial charge in [-0.05, 0) is 31.8 Å². The van der Waals surface area contributed by atoms with Crippen LogP contribution in [0.25, 0.3) is 0 Å². The molecule has 1 aromatic heterocycles. The van der Waals surface area contributed by atoms with Gasteiger partial charge in [-0.25, -0.2) is 0 Å². The van der Waals surface area contributed by atoms with E-state index in [-0.39, 0.29) is 11.9 Å². The van der Waals surface area contributed by atoms with Gasteiger partial charge < -0.3 is 9.42 Å². The zero-order valence-electron chi connectivity index (χ0n) is 10.9. The quantitative estimate of drug-likeness (QED) is 0.734. The molecule has 0 bridgehead atoms. The Kier molecular flexibility index (Phi) is 5.55. The van der Waals surface area contributed by atoms with E-state index in [0.29, 0.717) is 5.76 Å². The summed E-state index contributed by atoms with van der Waals surface area (Å²) in [6, 6.07) is 1.89. The van der Waals surface area contributed by atoms with E-state index >= 15 is 0 Å². The predicted molar refractivity (Wildman–Crippen MR) is 70.4 cm³/mol. The van der Waals surface area contributed by atoms with Crippen LogP contribution in [0.1, 0.15) is 36.5 Å². The summed E-state index contributed by atoms with van der Waals surface area (Å²) >= 11 is 1.89. The van der Waals surface area contributed by atoms with E-state index in [4.69, 9.17) is 4.52 Å². The second-order valence-electron chi connectivity index (χ2n) is 4.08. The first-order valence-corrected chi connectivity index (χ1v) is 7.00. The second-order valence-corrected chi connectivity index (χ2v) is 5.48. The highest BCUT2D eigenvalue weighted by molar-refractivity contribution is 7.99. The van der Waals surface area contributed by atoms with Crippen molar-refractivity contribution < 1.29 is 9.32 Å². The van der Waals surface area contributed by atoms with Crippen LogP contribution in [0, 0.1) is 6.92 Å². The number of aryl methyl sites for hydroxylation is 1. The SMILES string of the molecule is CCSCC[C@H](C)N(C)C(=O)c1cc(C)no1. The molecule has 1 rings (SSSR count). The van der Waals surface area contributed by atoms with Crippen molar-refractivity contribution in [1.29, 1.82) is 0 Å². The van der Waals surface area contributed by atoms with Crippen LogP contribution < -0.4 is 0 Å². The Bertz CT molecular complexity index is 365. The fourth-order valence-corrected chi connectivity index (χ4v) is 2.23. The summed E-state index contributed by atoms with van der Waals surface area (Å²) in [5.41, 5.74) is 0.732. The zero-order valence-corrected chi connectivity index (χ0v) is 11.7. The van der Waals surface area contributed by atoms with E-state index < -0.39 is 0 Å². The average Bonchev–Trinajstić information content (AvgIpc) is 2.74. The maximum absolute atomic E-state index is 12.0. The summed E-state index contributed by atoms with van der Waals surface area (Å²) in [6.45, 7) is 6.00. The molecule has 0 aliphatic heterocycles. The van der Waals surface area contributed by atoms with Crippen molar-refractivity contribution in [3.63, 3.8) is 0 Å². The fourth-order valence-electron chi connectivity index (χ4n) is 1.43. The van der Waals surface area contributed by atoms with E-state index in [0.717, 1.165) is 23.6 Å².